The molecule has 1 heterocycles. The number of Topliss-reactive ketones (excluding diaryl/α,β-unsaturated/α-hetero) is 1. The first-order valence-electron chi connectivity index (χ1n) is 13.2. The number of benzene rings is 3. The number of rotatable bonds is 7. The molecule has 0 unspecified atom stereocenters. The van der Waals surface area contributed by atoms with E-state index in [-0.39, 0.29) is 10.7 Å². The molecule has 0 bridgehead atoms. The lowest BCUT2D eigenvalue weighted by Crippen LogP contribution is -2.28. The number of fused-ring (bicyclic) bond motifs is 1. The van der Waals surface area contributed by atoms with Crippen LogP contribution in [0.15, 0.2) is 83.9 Å². The molecule has 1 aromatic heterocycles. The molecule has 0 aliphatic rings. The van der Waals surface area contributed by atoms with Gasteiger partial charge >= 0.3 is 0 Å². The van der Waals surface area contributed by atoms with Crippen molar-refractivity contribution >= 4 is 48.0 Å². The van der Waals surface area contributed by atoms with Crippen molar-refractivity contribution < 1.29 is 21.6 Å². The van der Waals surface area contributed by atoms with Gasteiger partial charge in [-0.1, -0.05) is 57.2 Å². The lowest BCUT2D eigenvalue weighted by Gasteiger charge is -2.24. The Balaban J connectivity index is 1.92. The average molecular weight is 590 g/mol. The second-order valence-electron chi connectivity index (χ2n) is 11.9. The first-order valence-corrected chi connectivity index (χ1v) is 16.9. The zero-order valence-corrected chi connectivity index (χ0v) is 26.0. The maximum atomic E-state index is 13.6. The standard InChI is InChI=1S/C33H35NO5S2/c1-32(2,3)31(35)29(23-13-15-27(16-14-23)40(6,36)37)19-22-10-8-11-24(18-22)28-21-26(33(4,5)41(7,38)39)20-25-12-9-17-34-30(25)28/h8-21H,1-7H3/b29-19+. The number of aromatic nitrogens is 1. The molecule has 0 N–H and O–H groups in total. The number of pyridine rings is 1. The molecule has 0 radical (unpaired) electrons. The fourth-order valence-electron chi connectivity index (χ4n) is 4.50. The van der Waals surface area contributed by atoms with Gasteiger partial charge in [0.1, 0.15) is 0 Å². The van der Waals surface area contributed by atoms with Gasteiger partial charge in [0.15, 0.2) is 25.5 Å². The summed E-state index contributed by atoms with van der Waals surface area (Å²) < 4.78 is 48.2. The number of carbonyl (C=O) groups excluding carboxylic acids is 1. The van der Waals surface area contributed by atoms with Crippen LogP contribution in [-0.4, -0.2) is 40.1 Å². The molecular formula is C33H35NO5S2. The number of sulfone groups is 2. The van der Waals surface area contributed by atoms with E-state index in [4.69, 9.17) is 0 Å². The summed E-state index contributed by atoms with van der Waals surface area (Å²) in [4.78, 5) is 18.4. The predicted molar refractivity (Wildman–Crippen MR) is 167 cm³/mol. The SMILES string of the molecule is CC(C)(C)C(=O)/C(=C/c1cccc(-c2cc(C(C)(C)S(C)(=O)=O)cc3cccnc23)c1)c1ccc(S(C)(=O)=O)cc1. The number of carbonyl (C=O) groups is 1. The van der Waals surface area contributed by atoms with E-state index in [2.05, 4.69) is 4.98 Å². The van der Waals surface area contributed by atoms with E-state index in [0.717, 1.165) is 33.8 Å². The van der Waals surface area contributed by atoms with Gasteiger partial charge in [-0.25, -0.2) is 16.8 Å². The van der Waals surface area contributed by atoms with Gasteiger partial charge in [0.05, 0.1) is 15.2 Å². The first kappa shape index (κ1) is 30.3. The third kappa shape index (κ3) is 6.34. The number of ketones is 1. The van der Waals surface area contributed by atoms with Gasteiger partial charge < -0.3 is 0 Å². The fraction of sp³-hybridized carbons (Fsp3) is 0.273. The molecule has 0 aliphatic carbocycles. The van der Waals surface area contributed by atoms with Crippen molar-refractivity contribution in [2.24, 2.45) is 5.41 Å². The molecule has 0 aliphatic heterocycles. The number of allylic oxidation sites excluding steroid dienone is 1. The van der Waals surface area contributed by atoms with Crippen LogP contribution >= 0.6 is 0 Å². The first-order chi connectivity index (χ1) is 18.9. The van der Waals surface area contributed by atoms with Gasteiger partial charge in [-0.05, 0) is 78.6 Å². The minimum absolute atomic E-state index is 0.0842. The smallest absolute Gasteiger partial charge is 0.175 e. The molecular weight excluding hydrogens is 554 g/mol. The summed E-state index contributed by atoms with van der Waals surface area (Å²) in [6.45, 7) is 8.93. The number of hydrogen-bond donors (Lipinski definition) is 0. The minimum atomic E-state index is -3.42. The summed E-state index contributed by atoms with van der Waals surface area (Å²) in [6.07, 6.45) is 5.90. The predicted octanol–water partition coefficient (Wildman–Crippen LogP) is 6.74. The van der Waals surface area contributed by atoms with E-state index in [1.165, 1.54) is 18.4 Å². The van der Waals surface area contributed by atoms with Crippen LogP contribution in [0.5, 0.6) is 0 Å². The Bertz CT molecular complexity index is 1900. The van der Waals surface area contributed by atoms with Crippen LogP contribution in [0.25, 0.3) is 33.7 Å². The van der Waals surface area contributed by atoms with Crippen LogP contribution in [0.4, 0.5) is 0 Å². The van der Waals surface area contributed by atoms with Crippen molar-refractivity contribution in [2.75, 3.05) is 12.5 Å². The molecule has 214 valence electrons. The Kier molecular flexibility index (Phi) is 7.88. The Morgan fingerprint density at radius 1 is 0.805 bits per heavy atom. The molecule has 0 saturated heterocycles. The summed E-state index contributed by atoms with van der Waals surface area (Å²) in [5.41, 5.74) is 4.17. The molecule has 0 spiro atoms. The topological polar surface area (TPSA) is 98.2 Å². The van der Waals surface area contributed by atoms with Crippen LogP contribution in [-0.2, 0) is 29.2 Å². The van der Waals surface area contributed by atoms with Crippen LogP contribution in [0.2, 0.25) is 0 Å². The maximum Gasteiger partial charge on any atom is 0.175 e. The van der Waals surface area contributed by atoms with E-state index in [1.54, 1.807) is 32.2 Å². The highest BCUT2D eigenvalue weighted by atomic mass is 32.2. The summed E-state index contributed by atoms with van der Waals surface area (Å²) in [5.74, 6) is -0.0842. The van der Waals surface area contributed by atoms with E-state index in [9.17, 15) is 21.6 Å². The second kappa shape index (κ2) is 10.7. The summed E-state index contributed by atoms with van der Waals surface area (Å²) in [5, 5.41) is 0.826. The lowest BCUT2D eigenvalue weighted by atomic mass is 9.83. The van der Waals surface area contributed by atoms with Crippen molar-refractivity contribution in [1.29, 1.82) is 0 Å². The van der Waals surface area contributed by atoms with Crippen LogP contribution in [0.1, 0.15) is 51.3 Å². The summed E-state index contributed by atoms with van der Waals surface area (Å²) in [7, 11) is -6.80. The van der Waals surface area contributed by atoms with Crippen molar-refractivity contribution in [1.82, 2.24) is 4.98 Å². The highest BCUT2D eigenvalue weighted by molar-refractivity contribution is 7.91. The van der Waals surface area contributed by atoms with Crippen molar-refractivity contribution in [3.8, 4) is 11.1 Å². The van der Waals surface area contributed by atoms with E-state index < -0.39 is 29.8 Å². The van der Waals surface area contributed by atoms with Gasteiger partial charge in [-0.15, -0.1) is 0 Å². The Hall–Kier alpha value is -3.62. The fourth-order valence-corrected chi connectivity index (χ4v) is 5.68. The number of nitrogens with zero attached hydrogens (tertiary/aromatic N) is 1. The largest absolute Gasteiger partial charge is 0.294 e. The van der Waals surface area contributed by atoms with Gasteiger partial charge in [0.2, 0.25) is 0 Å². The minimum Gasteiger partial charge on any atom is -0.294 e. The van der Waals surface area contributed by atoms with E-state index in [0.29, 0.717) is 16.7 Å². The molecule has 0 amide bonds. The lowest BCUT2D eigenvalue weighted by molar-refractivity contribution is -0.120. The third-order valence-electron chi connectivity index (χ3n) is 7.35. The molecule has 3 aromatic carbocycles. The highest BCUT2D eigenvalue weighted by Gasteiger charge is 2.33. The molecule has 0 fully saturated rings. The van der Waals surface area contributed by atoms with E-state index >= 15 is 0 Å². The second-order valence-corrected chi connectivity index (χ2v) is 16.5. The zero-order valence-electron chi connectivity index (χ0n) is 24.4. The molecule has 41 heavy (non-hydrogen) atoms. The zero-order chi connectivity index (χ0) is 30.4. The summed E-state index contributed by atoms with van der Waals surface area (Å²) >= 11 is 0. The Morgan fingerprint density at radius 2 is 1.46 bits per heavy atom. The third-order valence-corrected chi connectivity index (χ3v) is 10.6. The monoisotopic (exact) mass is 589 g/mol. The normalized spacial score (nSPS) is 13.4. The van der Waals surface area contributed by atoms with Crippen molar-refractivity contribution in [2.45, 2.75) is 44.3 Å². The average Bonchev–Trinajstić information content (AvgIpc) is 2.89. The van der Waals surface area contributed by atoms with Crippen molar-refractivity contribution in [3.05, 3.63) is 95.7 Å². The molecule has 0 saturated carbocycles. The van der Waals surface area contributed by atoms with Crippen LogP contribution in [0.3, 0.4) is 0 Å². The maximum absolute atomic E-state index is 13.6. The Morgan fingerprint density at radius 3 is 2.05 bits per heavy atom. The Labute approximate surface area is 243 Å². The van der Waals surface area contributed by atoms with E-state index in [1.807, 2.05) is 75.4 Å². The van der Waals surface area contributed by atoms with Crippen LogP contribution in [0, 0.1) is 5.41 Å². The molecule has 0 atom stereocenters. The summed E-state index contributed by atoms with van der Waals surface area (Å²) in [6, 6.07) is 21.5. The molecule has 4 rings (SSSR count). The highest BCUT2D eigenvalue weighted by Crippen LogP contribution is 2.37. The van der Waals surface area contributed by atoms with Gasteiger partial charge in [-0.2, -0.15) is 0 Å². The van der Waals surface area contributed by atoms with Crippen molar-refractivity contribution in [3.63, 3.8) is 0 Å². The van der Waals surface area contributed by atoms with Crippen LogP contribution < -0.4 is 0 Å². The number of hydrogen-bond acceptors (Lipinski definition) is 6. The molecule has 6 nitrogen and oxygen atoms in total. The van der Waals surface area contributed by atoms with Gasteiger partial charge in [0.25, 0.3) is 0 Å². The molecule has 4 aromatic rings. The quantitative estimate of drug-likeness (QED) is 0.175. The van der Waals surface area contributed by atoms with Gasteiger partial charge in [-0.3, -0.25) is 9.78 Å². The molecule has 8 heteroatoms. The van der Waals surface area contributed by atoms with Gasteiger partial charge in [0, 0.05) is 40.6 Å².